The smallest absolute Gasteiger partial charge is 0.246 e. The summed E-state index contributed by atoms with van der Waals surface area (Å²) in [6.07, 6.45) is 1.25. The van der Waals surface area contributed by atoms with Crippen LogP contribution < -0.4 is 5.32 Å². The Kier molecular flexibility index (Phi) is 4.66. The predicted molar refractivity (Wildman–Crippen MR) is 82.7 cm³/mol. The van der Waals surface area contributed by atoms with Crippen molar-refractivity contribution in [3.8, 4) is 0 Å². The first-order chi connectivity index (χ1) is 9.99. The Balaban J connectivity index is 2.33. The summed E-state index contributed by atoms with van der Waals surface area (Å²) in [6, 6.07) is 7.28. The minimum Gasteiger partial charge on any atom is -0.343 e. The van der Waals surface area contributed by atoms with Crippen LogP contribution in [0, 0.1) is 6.92 Å². The highest BCUT2D eigenvalue weighted by Gasteiger charge is 2.41. The second-order valence-corrected chi connectivity index (χ2v) is 5.73. The number of carbonyl (C=O) groups excluding carboxylic acids is 2. The first-order valence-electron chi connectivity index (χ1n) is 7.68. The quantitative estimate of drug-likeness (QED) is 0.925. The third-order valence-corrected chi connectivity index (χ3v) is 4.28. The monoisotopic (exact) mass is 288 g/mol. The number of benzene rings is 1. The number of hydrogen-bond donors (Lipinski definition) is 1. The molecule has 1 heterocycles. The lowest BCUT2D eigenvalue weighted by atomic mass is 9.97. The number of nitrogens with zero attached hydrogens (tertiary/aromatic N) is 1. The summed E-state index contributed by atoms with van der Waals surface area (Å²) in [5, 5.41) is 2.83. The SMILES string of the molecule is CCC1NC(=O)C(CC)N(C(C)c2ccc(C)cc2)C1=O. The highest BCUT2D eigenvalue weighted by atomic mass is 16.2. The molecule has 114 valence electrons. The Morgan fingerprint density at radius 3 is 2.29 bits per heavy atom. The summed E-state index contributed by atoms with van der Waals surface area (Å²) < 4.78 is 0. The minimum absolute atomic E-state index is 0.0250. The molecule has 2 rings (SSSR count). The van der Waals surface area contributed by atoms with Gasteiger partial charge >= 0.3 is 0 Å². The summed E-state index contributed by atoms with van der Waals surface area (Å²) in [5.74, 6) is -0.0139. The van der Waals surface area contributed by atoms with E-state index in [4.69, 9.17) is 0 Å². The topological polar surface area (TPSA) is 49.4 Å². The van der Waals surface area contributed by atoms with Gasteiger partial charge < -0.3 is 10.2 Å². The maximum absolute atomic E-state index is 12.7. The number of carbonyl (C=O) groups is 2. The Hall–Kier alpha value is -1.84. The first-order valence-corrected chi connectivity index (χ1v) is 7.68. The maximum Gasteiger partial charge on any atom is 0.246 e. The van der Waals surface area contributed by atoms with Gasteiger partial charge in [0.2, 0.25) is 11.8 Å². The second kappa shape index (κ2) is 6.29. The molecule has 0 saturated carbocycles. The van der Waals surface area contributed by atoms with E-state index in [-0.39, 0.29) is 23.9 Å². The molecule has 0 bridgehead atoms. The van der Waals surface area contributed by atoms with Gasteiger partial charge in [-0.2, -0.15) is 0 Å². The van der Waals surface area contributed by atoms with Crippen molar-refractivity contribution in [2.75, 3.05) is 0 Å². The van der Waals surface area contributed by atoms with E-state index < -0.39 is 6.04 Å². The lowest BCUT2D eigenvalue weighted by Gasteiger charge is -2.42. The number of rotatable bonds is 4. The van der Waals surface area contributed by atoms with Crippen molar-refractivity contribution in [2.24, 2.45) is 0 Å². The fourth-order valence-electron chi connectivity index (χ4n) is 2.91. The van der Waals surface area contributed by atoms with E-state index in [1.54, 1.807) is 4.90 Å². The van der Waals surface area contributed by atoms with Gasteiger partial charge in [-0.3, -0.25) is 9.59 Å². The van der Waals surface area contributed by atoms with E-state index in [1.807, 2.05) is 52.0 Å². The van der Waals surface area contributed by atoms with Crippen molar-refractivity contribution in [1.29, 1.82) is 0 Å². The van der Waals surface area contributed by atoms with Crippen LogP contribution in [-0.2, 0) is 9.59 Å². The largest absolute Gasteiger partial charge is 0.343 e. The average molecular weight is 288 g/mol. The van der Waals surface area contributed by atoms with Gasteiger partial charge in [-0.25, -0.2) is 0 Å². The molecule has 4 nitrogen and oxygen atoms in total. The van der Waals surface area contributed by atoms with E-state index in [0.29, 0.717) is 12.8 Å². The molecule has 0 spiro atoms. The van der Waals surface area contributed by atoms with Crippen molar-refractivity contribution in [2.45, 2.75) is 58.7 Å². The second-order valence-electron chi connectivity index (χ2n) is 5.73. The molecule has 1 fully saturated rings. The van der Waals surface area contributed by atoms with Gasteiger partial charge in [-0.15, -0.1) is 0 Å². The number of piperazine rings is 1. The van der Waals surface area contributed by atoms with E-state index in [9.17, 15) is 9.59 Å². The molecule has 2 amide bonds. The fourth-order valence-corrected chi connectivity index (χ4v) is 2.91. The molecular formula is C17H24N2O2. The van der Waals surface area contributed by atoms with E-state index in [1.165, 1.54) is 5.56 Å². The van der Waals surface area contributed by atoms with Crippen LogP contribution in [0.15, 0.2) is 24.3 Å². The average Bonchev–Trinajstić information content (AvgIpc) is 2.48. The molecule has 1 aromatic carbocycles. The summed E-state index contributed by atoms with van der Waals surface area (Å²) in [5.41, 5.74) is 2.25. The highest BCUT2D eigenvalue weighted by Crippen LogP contribution is 2.27. The normalized spacial score (nSPS) is 23.9. The standard InChI is InChI=1S/C17H24N2O2/c1-5-14-17(21)19(15(6-2)16(20)18-14)12(4)13-9-7-11(3)8-10-13/h7-10,12,14-15H,5-6H2,1-4H3,(H,18,20). The van der Waals surface area contributed by atoms with Crippen LogP contribution in [0.4, 0.5) is 0 Å². The summed E-state index contributed by atoms with van der Waals surface area (Å²) in [7, 11) is 0. The molecule has 1 aromatic rings. The number of nitrogens with one attached hydrogen (secondary N) is 1. The van der Waals surface area contributed by atoms with Crippen LogP contribution in [0.1, 0.15) is 50.8 Å². The Morgan fingerprint density at radius 1 is 1.14 bits per heavy atom. The van der Waals surface area contributed by atoms with Crippen LogP contribution in [0.25, 0.3) is 0 Å². The Labute approximate surface area is 126 Å². The number of aryl methyl sites for hydroxylation is 1. The van der Waals surface area contributed by atoms with Crippen LogP contribution >= 0.6 is 0 Å². The highest BCUT2D eigenvalue weighted by molar-refractivity contribution is 5.97. The van der Waals surface area contributed by atoms with Gasteiger partial charge in [0.1, 0.15) is 12.1 Å². The van der Waals surface area contributed by atoms with Crippen molar-refractivity contribution < 1.29 is 9.59 Å². The molecule has 0 aliphatic carbocycles. The van der Waals surface area contributed by atoms with Crippen molar-refractivity contribution >= 4 is 11.8 Å². The number of hydrogen-bond acceptors (Lipinski definition) is 2. The Bertz CT molecular complexity index is 524. The van der Waals surface area contributed by atoms with Crippen molar-refractivity contribution in [3.05, 3.63) is 35.4 Å². The molecular weight excluding hydrogens is 264 g/mol. The molecule has 1 N–H and O–H groups in total. The third kappa shape index (κ3) is 2.94. The maximum atomic E-state index is 12.7. The van der Waals surface area contributed by atoms with E-state index in [0.717, 1.165) is 5.56 Å². The van der Waals surface area contributed by atoms with Crippen molar-refractivity contribution in [3.63, 3.8) is 0 Å². The third-order valence-electron chi connectivity index (χ3n) is 4.28. The zero-order valence-electron chi connectivity index (χ0n) is 13.2. The van der Waals surface area contributed by atoms with Crippen molar-refractivity contribution in [1.82, 2.24) is 10.2 Å². The van der Waals surface area contributed by atoms with Crippen LogP contribution in [-0.4, -0.2) is 28.8 Å². The Morgan fingerprint density at radius 2 is 1.76 bits per heavy atom. The van der Waals surface area contributed by atoms with Gasteiger partial charge in [-0.05, 0) is 32.3 Å². The fraction of sp³-hybridized carbons (Fsp3) is 0.529. The van der Waals surface area contributed by atoms with Gasteiger partial charge in [0.05, 0.1) is 6.04 Å². The molecule has 0 radical (unpaired) electrons. The zero-order chi connectivity index (χ0) is 15.6. The van der Waals surface area contributed by atoms with E-state index >= 15 is 0 Å². The van der Waals surface area contributed by atoms with E-state index in [2.05, 4.69) is 5.32 Å². The van der Waals surface area contributed by atoms with Crippen LogP contribution in [0.5, 0.6) is 0 Å². The molecule has 1 saturated heterocycles. The molecule has 3 unspecified atom stereocenters. The van der Waals surface area contributed by atoms with Gasteiger partial charge in [-0.1, -0.05) is 43.7 Å². The summed E-state index contributed by atoms with van der Waals surface area (Å²) in [6.45, 7) is 7.90. The molecule has 3 atom stereocenters. The number of amides is 2. The first kappa shape index (κ1) is 15.5. The van der Waals surface area contributed by atoms with Crippen LogP contribution in [0.2, 0.25) is 0 Å². The van der Waals surface area contributed by atoms with Gasteiger partial charge in [0.25, 0.3) is 0 Å². The lowest BCUT2D eigenvalue weighted by molar-refractivity contribution is -0.152. The molecule has 0 aromatic heterocycles. The molecule has 1 aliphatic heterocycles. The summed E-state index contributed by atoms with van der Waals surface area (Å²) in [4.78, 5) is 26.7. The minimum atomic E-state index is -0.395. The van der Waals surface area contributed by atoms with Gasteiger partial charge in [0.15, 0.2) is 0 Å². The zero-order valence-corrected chi connectivity index (χ0v) is 13.2. The summed E-state index contributed by atoms with van der Waals surface area (Å²) >= 11 is 0. The molecule has 21 heavy (non-hydrogen) atoms. The van der Waals surface area contributed by atoms with Gasteiger partial charge in [0, 0.05) is 0 Å². The molecule has 1 aliphatic rings. The van der Waals surface area contributed by atoms with Crippen LogP contribution in [0.3, 0.4) is 0 Å². The molecule has 4 heteroatoms. The lowest BCUT2D eigenvalue weighted by Crippen LogP contribution is -2.63. The predicted octanol–water partition coefficient (Wildman–Crippen LogP) is 2.57.